The molecule has 3 nitrogen and oxygen atoms in total. The van der Waals surface area contributed by atoms with Gasteiger partial charge in [-0.15, -0.1) is 0 Å². The van der Waals surface area contributed by atoms with Crippen molar-refractivity contribution in [2.75, 3.05) is 14.2 Å². The van der Waals surface area contributed by atoms with Gasteiger partial charge >= 0.3 is 0 Å². The average molecular weight is 127 g/mol. The van der Waals surface area contributed by atoms with Gasteiger partial charge in [-0.1, -0.05) is 0 Å². The molecule has 0 amide bonds. The molecule has 0 atom stereocenters. The van der Waals surface area contributed by atoms with Gasteiger partial charge in [0.25, 0.3) is 0 Å². The van der Waals surface area contributed by atoms with E-state index in [0.29, 0.717) is 0 Å². The molecule has 0 rings (SSSR count). The predicted octanol–water partition coefficient (Wildman–Crippen LogP) is 0.685. The van der Waals surface area contributed by atoms with E-state index in [1.807, 2.05) is 6.07 Å². The monoisotopic (exact) mass is 127 g/mol. The molecule has 50 valence electrons. The van der Waals surface area contributed by atoms with Crippen LogP contribution in [0.3, 0.4) is 0 Å². The van der Waals surface area contributed by atoms with Gasteiger partial charge in [-0.3, -0.25) is 0 Å². The fraction of sp³-hybridized carbons (Fsp3) is 0.500. The minimum absolute atomic E-state index is 0.398. The normalized spacial score (nSPS) is 10.4. The highest BCUT2D eigenvalue weighted by Gasteiger charge is 1.94. The molecular weight excluding hydrogens is 118 g/mol. The van der Waals surface area contributed by atoms with Gasteiger partial charge in [-0.25, -0.2) is 0 Å². The van der Waals surface area contributed by atoms with E-state index < -0.39 is 6.29 Å². The average Bonchev–Trinajstić information content (AvgIpc) is 1.91. The van der Waals surface area contributed by atoms with Crippen molar-refractivity contribution in [1.82, 2.24) is 0 Å². The number of hydrogen-bond acceptors (Lipinski definition) is 3. The van der Waals surface area contributed by atoms with Crippen LogP contribution >= 0.6 is 0 Å². The Bertz CT molecular complexity index is 122. The molecule has 0 radical (unpaired) electrons. The number of nitriles is 1. The highest BCUT2D eigenvalue weighted by Crippen LogP contribution is 1.90. The lowest BCUT2D eigenvalue weighted by atomic mass is 10.5. The van der Waals surface area contributed by atoms with Gasteiger partial charge in [0.15, 0.2) is 6.29 Å². The molecule has 0 N–H and O–H groups in total. The molecule has 0 saturated carbocycles. The zero-order chi connectivity index (χ0) is 7.11. The molecule has 0 saturated heterocycles. The summed E-state index contributed by atoms with van der Waals surface area (Å²) >= 11 is 0. The molecule has 0 fully saturated rings. The Hall–Kier alpha value is -0.850. The maximum absolute atomic E-state index is 8.06. The second-order valence-corrected chi connectivity index (χ2v) is 1.33. The van der Waals surface area contributed by atoms with Crippen LogP contribution in [-0.2, 0) is 9.47 Å². The lowest BCUT2D eigenvalue weighted by Crippen LogP contribution is -2.08. The topological polar surface area (TPSA) is 42.2 Å². The van der Waals surface area contributed by atoms with Crippen molar-refractivity contribution in [3.05, 3.63) is 12.2 Å². The van der Waals surface area contributed by atoms with Gasteiger partial charge in [0, 0.05) is 20.3 Å². The SMILES string of the molecule is COC(/C=C/C#N)OC. The third-order valence-corrected chi connectivity index (χ3v) is 0.793. The van der Waals surface area contributed by atoms with E-state index in [1.165, 1.54) is 26.4 Å². The molecule has 3 heteroatoms. The van der Waals surface area contributed by atoms with Gasteiger partial charge in [-0.2, -0.15) is 5.26 Å². The Morgan fingerprint density at radius 2 is 2.00 bits per heavy atom. The van der Waals surface area contributed by atoms with Crippen molar-refractivity contribution in [3.63, 3.8) is 0 Å². The first kappa shape index (κ1) is 8.15. The first-order valence-corrected chi connectivity index (χ1v) is 2.47. The molecule has 9 heavy (non-hydrogen) atoms. The summed E-state index contributed by atoms with van der Waals surface area (Å²) in [6, 6.07) is 1.83. The summed E-state index contributed by atoms with van der Waals surface area (Å²) in [5, 5.41) is 8.06. The molecule has 0 heterocycles. The Morgan fingerprint density at radius 1 is 1.44 bits per heavy atom. The smallest absolute Gasteiger partial charge is 0.177 e. The van der Waals surface area contributed by atoms with Gasteiger partial charge < -0.3 is 9.47 Å². The zero-order valence-corrected chi connectivity index (χ0v) is 5.50. The summed E-state index contributed by atoms with van der Waals surface area (Å²) in [6.07, 6.45) is 2.45. The zero-order valence-electron chi connectivity index (χ0n) is 5.50. The molecule has 0 aromatic rings. The van der Waals surface area contributed by atoms with Crippen LogP contribution in [-0.4, -0.2) is 20.5 Å². The number of allylic oxidation sites excluding steroid dienone is 1. The van der Waals surface area contributed by atoms with Crippen LogP contribution in [0.15, 0.2) is 12.2 Å². The number of ether oxygens (including phenoxy) is 2. The molecule has 0 bridgehead atoms. The number of methoxy groups -OCH3 is 2. The van der Waals surface area contributed by atoms with Crippen molar-refractivity contribution in [2.45, 2.75) is 6.29 Å². The first-order valence-electron chi connectivity index (χ1n) is 2.47. The van der Waals surface area contributed by atoms with Crippen LogP contribution in [0.2, 0.25) is 0 Å². The van der Waals surface area contributed by atoms with E-state index in [9.17, 15) is 0 Å². The van der Waals surface area contributed by atoms with Crippen LogP contribution in [0.4, 0.5) is 0 Å². The summed E-state index contributed by atoms with van der Waals surface area (Å²) in [6.45, 7) is 0. The first-order chi connectivity index (χ1) is 4.35. The molecule has 0 unspecified atom stereocenters. The standard InChI is InChI=1S/C6H9NO2/c1-8-6(9-2)4-3-5-7/h3-4,6H,1-2H3/b4-3+. The lowest BCUT2D eigenvalue weighted by molar-refractivity contribution is -0.0665. The summed E-state index contributed by atoms with van der Waals surface area (Å²) < 4.78 is 9.48. The van der Waals surface area contributed by atoms with Crippen molar-refractivity contribution in [2.24, 2.45) is 0 Å². The number of hydrogen-bond donors (Lipinski definition) is 0. The van der Waals surface area contributed by atoms with Gasteiger partial charge in [-0.05, 0) is 6.08 Å². The van der Waals surface area contributed by atoms with Crippen LogP contribution in [0.25, 0.3) is 0 Å². The molecule has 0 aliphatic carbocycles. The quantitative estimate of drug-likeness (QED) is 0.413. The van der Waals surface area contributed by atoms with Crippen molar-refractivity contribution >= 4 is 0 Å². The van der Waals surface area contributed by atoms with Crippen LogP contribution in [0.1, 0.15) is 0 Å². The van der Waals surface area contributed by atoms with E-state index in [4.69, 9.17) is 14.7 Å². The third kappa shape index (κ3) is 3.71. The fourth-order valence-corrected chi connectivity index (χ4v) is 0.375. The van der Waals surface area contributed by atoms with E-state index in [2.05, 4.69) is 0 Å². The summed E-state index contributed by atoms with van der Waals surface area (Å²) in [7, 11) is 3.02. The lowest BCUT2D eigenvalue weighted by Gasteiger charge is -2.05. The minimum atomic E-state index is -0.398. The Labute approximate surface area is 54.5 Å². The Balaban J connectivity index is 3.57. The Kier molecular flexibility index (Phi) is 4.79. The number of nitrogens with zero attached hydrogens (tertiary/aromatic N) is 1. The predicted molar refractivity (Wildman–Crippen MR) is 32.6 cm³/mol. The van der Waals surface area contributed by atoms with Gasteiger partial charge in [0.05, 0.1) is 6.07 Å². The van der Waals surface area contributed by atoms with Crippen molar-refractivity contribution in [1.29, 1.82) is 5.26 Å². The number of rotatable bonds is 3. The van der Waals surface area contributed by atoms with Crippen LogP contribution in [0, 0.1) is 11.3 Å². The van der Waals surface area contributed by atoms with Crippen molar-refractivity contribution in [3.8, 4) is 6.07 Å². The molecule has 0 aromatic carbocycles. The van der Waals surface area contributed by atoms with E-state index in [-0.39, 0.29) is 0 Å². The van der Waals surface area contributed by atoms with E-state index in [0.717, 1.165) is 0 Å². The van der Waals surface area contributed by atoms with Crippen LogP contribution in [0.5, 0.6) is 0 Å². The van der Waals surface area contributed by atoms with Crippen molar-refractivity contribution < 1.29 is 9.47 Å². The summed E-state index contributed by atoms with van der Waals surface area (Å²) in [4.78, 5) is 0. The maximum atomic E-state index is 8.06. The second kappa shape index (κ2) is 5.29. The summed E-state index contributed by atoms with van der Waals surface area (Å²) in [5.41, 5.74) is 0. The molecule has 0 spiro atoms. The van der Waals surface area contributed by atoms with E-state index in [1.54, 1.807) is 0 Å². The largest absolute Gasteiger partial charge is 0.352 e. The Morgan fingerprint density at radius 3 is 2.33 bits per heavy atom. The van der Waals surface area contributed by atoms with E-state index >= 15 is 0 Å². The van der Waals surface area contributed by atoms with Crippen LogP contribution < -0.4 is 0 Å². The van der Waals surface area contributed by atoms with Gasteiger partial charge in [0.2, 0.25) is 0 Å². The van der Waals surface area contributed by atoms with Gasteiger partial charge in [0.1, 0.15) is 0 Å². The second-order valence-electron chi connectivity index (χ2n) is 1.33. The highest BCUT2D eigenvalue weighted by molar-refractivity contribution is 5.02. The maximum Gasteiger partial charge on any atom is 0.177 e. The molecule has 0 aliphatic heterocycles. The molecular formula is C6H9NO2. The highest BCUT2D eigenvalue weighted by atomic mass is 16.7. The molecule has 0 aliphatic rings. The third-order valence-electron chi connectivity index (χ3n) is 0.793. The minimum Gasteiger partial charge on any atom is -0.352 e. The summed E-state index contributed by atoms with van der Waals surface area (Å²) in [5.74, 6) is 0. The fourth-order valence-electron chi connectivity index (χ4n) is 0.375. The molecule has 0 aromatic heterocycles.